The maximum atomic E-state index is 10.6. The number of carboxylic acid groups (broad SMARTS) is 1. The van der Waals surface area contributed by atoms with E-state index >= 15 is 0 Å². The van der Waals surface area contributed by atoms with E-state index in [0.29, 0.717) is 19.1 Å². The van der Waals surface area contributed by atoms with E-state index < -0.39 is 5.97 Å². The van der Waals surface area contributed by atoms with Crippen molar-refractivity contribution in [2.75, 3.05) is 26.3 Å². The molecule has 0 radical (unpaired) electrons. The van der Waals surface area contributed by atoms with E-state index in [2.05, 4.69) is 15.6 Å². The largest absolute Gasteiger partial charge is 0.476 e. The maximum absolute atomic E-state index is 10.6. The molecule has 1 unspecified atom stereocenters. The van der Waals surface area contributed by atoms with Crippen LogP contribution in [-0.4, -0.2) is 52.4 Å². The summed E-state index contributed by atoms with van der Waals surface area (Å²) in [7, 11) is 0. The molecule has 0 spiro atoms. The molecule has 0 saturated carbocycles. The van der Waals surface area contributed by atoms with Crippen LogP contribution in [0.2, 0.25) is 0 Å². The van der Waals surface area contributed by atoms with E-state index in [9.17, 15) is 4.79 Å². The monoisotopic (exact) mass is 254 g/mol. The van der Waals surface area contributed by atoms with Crippen LogP contribution in [0.4, 0.5) is 0 Å². The van der Waals surface area contributed by atoms with Gasteiger partial charge in [0.2, 0.25) is 0 Å². The third kappa shape index (κ3) is 3.78. The zero-order valence-electron chi connectivity index (χ0n) is 10.2. The molecule has 0 aliphatic carbocycles. The first-order valence-electron chi connectivity index (χ1n) is 6.17. The number of piperidine rings is 1. The van der Waals surface area contributed by atoms with Crippen molar-refractivity contribution < 1.29 is 14.6 Å². The van der Waals surface area contributed by atoms with Crippen LogP contribution < -0.4 is 5.32 Å². The topological polar surface area (TPSA) is 89.3 Å². The molecule has 1 saturated heterocycles. The van der Waals surface area contributed by atoms with Crippen molar-refractivity contribution in [1.29, 1.82) is 0 Å². The molecule has 1 aromatic rings. The summed E-state index contributed by atoms with van der Waals surface area (Å²) in [6.45, 7) is 3.92. The van der Waals surface area contributed by atoms with E-state index in [0.717, 1.165) is 19.7 Å². The number of hydrogen-bond donors (Lipinski definition) is 2. The number of carbonyl (C=O) groups is 1. The summed E-state index contributed by atoms with van der Waals surface area (Å²) in [4.78, 5) is 10.6. The first-order chi connectivity index (χ1) is 8.75. The van der Waals surface area contributed by atoms with Crippen molar-refractivity contribution in [3.63, 3.8) is 0 Å². The van der Waals surface area contributed by atoms with Crippen LogP contribution in [0.25, 0.3) is 0 Å². The normalized spacial score (nSPS) is 19.9. The van der Waals surface area contributed by atoms with Crippen LogP contribution in [-0.2, 0) is 11.3 Å². The number of ether oxygens (including phenoxy) is 1. The number of carboxylic acids is 1. The van der Waals surface area contributed by atoms with E-state index in [1.165, 1.54) is 23.7 Å². The summed E-state index contributed by atoms with van der Waals surface area (Å²) in [5.74, 6) is -0.473. The second-order valence-corrected chi connectivity index (χ2v) is 4.46. The SMILES string of the molecule is O=C(O)c1cn(CCOCC2CCCNC2)nn1. The highest BCUT2D eigenvalue weighted by atomic mass is 16.5. The third-order valence-corrected chi connectivity index (χ3v) is 2.97. The van der Waals surface area contributed by atoms with Gasteiger partial charge < -0.3 is 15.2 Å². The van der Waals surface area contributed by atoms with Gasteiger partial charge in [0, 0.05) is 6.54 Å². The summed E-state index contributed by atoms with van der Waals surface area (Å²) in [6.07, 6.45) is 3.83. The third-order valence-electron chi connectivity index (χ3n) is 2.97. The highest BCUT2D eigenvalue weighted by Crippen LogP contribution is 2.09. The van der Waals surface area contributed by atoms with Crippen molar-refractivity contribution in [2.24, 2.45) is 5.92 Å². The summed E-state index contributed by atoms with van der Waals surface area (Å²) >= 11 is 0. The van der Waals surface area contributed by atoms with E-state index in [4.69, 9.17) is 9.84 Å². The van der Waals surface area contributed by atoms with Gasteiger partial charge in [-0.2, -0.15) is 0 Å². The molecule has 18 heavy (non-hydrogen) atoms. The van der Waals surface area contributed by atoms with Crippen molar-refractivity contribution in [3.8, 4) is 0 Å². The van der Waals surface area contributed by atoms with Crippen LogP contribution in [0.3, 0.4) is 0 Å². The molecule has 1 aliphatic heterocycles. The molecular formula is C11H18N4O3. The standard InChI is InChI=1S/C11H18N4O3/c16-11(17)10-7-15(14-13-10)4-5-18-8-9-2-1-3-12-6-9/h7,9,12H,1-6,8H2,(H,16,17). The highest BCUT2D eigenvalue weighted by molar-refractivity contribution is 5.84. The smallest absolute Gasteiger partial charge is 0.358 e. The van der Waals surface area contributed by atoms with Gasteiger partial charge in [-0.1, -0.05) is 5.21 Å². The Morgan fingerprint density at radius 1 is 1.67 bits per heavy atom. The first kappa shape index (κ1) is 13.0. The number of rotatable bonds is 6. The van der Waals surface area contributed by atoms with E-state index in [1.807, 2.05) is 0 Å². The Kier molecular flexibility index (Phi) is 4.66. The predicted octanol–water partition coefficient (Wildman–Crippen LogP) is -0.00750. The van der Waals surface area contributed by atoms with E-state index in [-0.39, 0.29) is 5.69 Å². The molecule has 1 aliphatic rings. The van der Waals surface area contributed by atoms with Crippen LogP contribution in [0.15, 0.2) is 6.20 Å². The lowest BCUT2D eigenvalue weighted by atomic mass is 10.0. The Bertz CT molecular complexity index is 387. The fraction of sp³-hybridized carbons (Fsp3) is 0.727. The van der Waals surface area contributed by atoms with Crippen molar-refractivity contribution in [2.45, 2.75) is 19.4 Å². The quantitative estimate of drug-likeness (QED) is 0.694. The Balaban J connectivity index is 1.63. The van der Waals surface area contributed by atoms with Gasteiger partial charge in [0.25, 0.3) is 0 Å². The summed E-state index contributed by atoms with van der Waals surface area (Å²) in [6, 6.07) is 0. The summed E-state index contributed by atoms with van der Waals surface area (Å²) < 4.78 is 7.06. The highest BCUT2D eigenvalue weighted by Gasteiger charge is 2.13. The van der Waals surface area contributed by atoms with Crippen LogP contribution in [0, 0.1) is 5.92 Å². The van der Waals surface area contributed by atoms with Gasteiger partial charge in [0.05, 0.1) is 26.0 Å². The molecule has 2 N–H and O–H groups in total. The zero-order valence-corrected chi connectivity index (χ0v) is 10.2. The zero-order chi connectivity index (χ0) is 12.8. The Hall–Kier alpha value is -1.47. The summed E-state index contributed by atoms with van der Waals surface area (Å²) in [5, 5.41) is 19.3. The number of nitrogens with one attached hydrogen (secondary N) is 1. The van der Waals surface area contributed by atoms with Gasteiger partial charge in [-0.25, -0.2) is 9.48 Å². The Morgan fingerprint density at radius 2 is 2.56 bits per heavy atom. The molecular weight excluding hydrogens is 236 g/mol. The number of aromatic carboxylic acids is 1. The van der Waals surface area contributed by atoms with Gasteiger partial charge in [0.15, 0.2) is 5.69 Å². The average Bonchev–Trinajstić information content (AvgIpc) is 2.85. The Morgan fingerprint density at radius 3 is 3.22 bits per heavy atom. The average molecular weight is 254 g/mol. The van der Waals surface area contributed by atoms with Crippen LogP contribution in [0.5, 0.6) is 0 Å². The summed E-state index contributed by atoms with van der Waals surface area (Å²) in [5.41, 5.74) is -0.0357. The number of aromatic nitrogens is 3. The molecule has 0 aromatic carbocycles. The van der Waals surface area contributed by atoms with E-state index in [1.54, 1.807) is 0 Å². The van der Waals surface area contributed by atoms with Gasteiger partial charge in [-0.05, 0) is 25.3 Å². The molecule has 7 heteroatoms. The van der Waals surface area contributed by atoms with Gasteiger partial charge in [-0.15, -0.1) is 5.10 Å². The fourth-order valence-electron chi connectivity index (χ4n) is 1.98. The first-order valence-corrected chi connectivity index (χ1v) is 6.17. The minimum atomic E-state index is -1.06. The second kappa shape index (κ2) is 6.46. The molecule has 100 valence electrons. The van der Waals surface area contributed by atoms with Gasteiger partial charge in [-0.3, -0.25) is 0 Å². The predicted molar refractivity (Wildman–Crippen MR) is 63.4 cm³/mol. The molecule has 1 atom stereocenters. The number of nitrogens with zero attached hydrogens (tertiary/aromatic N) is 3. The van der Waals surface area contributed by atoms with Crippen LogP contribution in [0.1, 0.15) is 23.3 Å². The molecule has 1 fully saturated rings. The lowest BCUT2D eigenvalue weighted by molar-refractivity contribution is 0.0690. The molecule has 1 aromatic heterocycles. The second-order valence-electron chi connectivity index (χ2n) is 4.46. The fourth-order valence-corrected chi connectivity index (χ4v) is 1.98. The van der Waals surface area contributed by atoms with Crippen molar-refractivity contribution in [1.82, 2.24) is 20.3 Å². The molecule has 2 heterocycles. The molecule has 2 rings (SSSR count). The lowest BCUT2D eigenvalue weighted by Gasteiger charge is -2.22. The minimum Gasteiger partial charge on any atom is -0.476 e. The minimum absolute atomic E-state index is 0.0357. The Labute approximate surface area is 105 Å². The van der Waals surface area contributed by atoms with Crippen LogP contribution >= 0.6 is 0 Å². The maximum Gasteiger partial charge on any atom is 0.358 e. The van der Waals surface area contributed by atoms with Crippen molar-refractivity contribution >= 4 is 5.97 Å². The van der Waals surface area contributed by atoms with Crippen molar-refractivity contribution in [3.05, 3.63) is 11.9 Å². The van der Waals surface area contributed by atoms with Gasteiger partial charge in [0.1, 0.15) is 0 Å². The molecule has 0 amide bonds. The molecule has 0 bridgehead atoms. The lowest BCUT2D eigenvalue weighted by Crippen LogP contribution is -2.32. The number of hydrogen-bond acceptors (Lipinski definition) is 5. The van der Waals surface area contributed by atoms with Gasteiger partial charge >= 0.3 is 5.97 Å². The molecule has 7 nitrogen and oxygen atoms in total.